The number of benzene rings is 2. The summed E-state index contributed by atoms with van der Waals surface area (Å²) in [7, 11) is 1.61. The Labute approximate surface area is 223 Å². The Morgan fingerprint density at radius 2 is 2.05 bits per heavy atom. The van der Waals surface area contributed by atoms with Crippen molar-refractivity contribution < 1.29 is 19.0 Å². The van der Waals surface area contributed by atoms with E-state index in [1.807, 2.05) is 30.0 Å². The van der Waals surface area contributed by atoms with Gasteiger partial charge < -0.3 is 14.7 Å². The molecule has 1 aromatic heterocycles. The molecule has 1 N–H and O–H groups in total. The number of carboxylic acids is 1. The number of aryl methyl sites for hydroxylation is 1. The van der Waals surface area contributed by atoms with E-state index in [9.17, 15) is 9.90 Å². The quantitative estimate of drug-likeness (QED) is 0.259. The monoisotopic (exact) mass is 524 g/mol. The number of aromatic nitrogens is 1. The Hall–Kier alpha value is -2.64. The number of pyridine rings is 1. The highest BCUT2D eigenvalue weighted by Crippen LogP contribution is 2.37. The molecule has 3 aromatic rings. The summed E-state index contributed by atoms with van der Waals surface area (Å²) in [6.45, 7) is 4.98. The number of aliphatic carboxylic acids is 1. The van der Waals surface area contributed by atoms with Crippen molar-refractivity contribution in [3.63, 3.8) is 0 Å². The maximum Gasteiger partial charge on any atom is 0.303 e. The first-order valence-electron chi connectivity index (χ1n) is 13.1. The number of carboxylic acid groups (broad SMARTS) is 1. The van der Waals surface area contributed by atoms with E-state index < -0.39 is 12.1 Å². The summed E-state index contributed by atoms with van der Waals surface area (Å²) < 4.78 is 20.9. The molecule has 198 valence electrons. The third kappa shape index (κ3) is 7.45. The second-order valence-corrected chi connectivity index (χ2v) is 11.1. The van der Waals surface area contributed by atoms with Gasteiger partial charge in [0.2, 0.25) is 0 Å². The minimum absolute atomic E-state index is 0.167. The molecule has 37 heavy (non-hydrogen) atoms. The zero-order chi connectivity index (χ0) is 26.2. The molecule has 0 unspecified atom stereocenters. The van der Waals surface area contributed by atoms with E-state index in [2.05, 4.69) is 41.1 Å². The van der Waals surface area contributed by atoms with Gasteiger partial charge in [-0.25, -0.2) is 4.39 Å². The first kappa shape index (κ1) is 27.4. The summed E-state index contributed by atoms with van der Waals surface area (Å²) in [6, 6.07) is 15.8. The second-order valence-electron chi connectivity index (χ2n) is 9.98. The molecule has 7 heteroatoms. The van der Waals surface area contributed by atoms with Gasteiger partial charge in [0.05, 0.1) is 12.6 Å². The Morgan fingerprint density at radius 3 is 2.84 bits per heavy atom. The number of nitrogens with zero attached hydrogens (tertiary/aromatic N) is 2. The fraction of sp³-hybridized carbons (Fsp3) is 0.467. The Kier molecular flexibility index (Phi) is 9.81. The average molecular weight is 525 g/mol. The predicted molar refractivity (Wildman–Crippen MR) is 148 cm³/mol. The highest BCUT2D eigenvalue weighted by atomic mass is 32.2. The largest absolute Gasteiger partial charge is 0.497 e. The molecule has 4 rings (SSSR count). The minimum Gasteiger partial charge on any atom is -0.497 e. The third-order valence-electron chi connectivity index (χ3n) is 7.57. The smallest absolute Gasteiger partial charge is 0.303 e. The van der Waals surface area contributed by atoms with E-state index in [1.54, 1.807) is 19.4 Å². The molecule has 1 aliphatic heterocycles. The zero-order valence-electron chi connectivity index (χ0n) is 21.7. The van der Waals surface area contributed by atoms with E-state index in [-0.39, 0.29) is 12.3 Å². The molecular weight excluding hydrogens is 487 g/mol. The number of thioether (sulfide) groups is 1. The highest BCUT2D eigenvalue weighted by Gasteiger charge is 2.30. The second kappa shape index (κ2) is 13.2. The summed E-state index contributed by atoms with van der Waals surface area (Å²) in [5.74, 6) is 1.55. The Bertz CT molecular complexity index is 1190. The van der Waals surface area contributed by atoms with Gasteiger partial charge in [-0.05, 0) is 92.4 Å². The van der Waals surface area contributed by atoms with Gasteiger partial charge in [0.1, 0.15) is 11.9 Å². The van der Waals surface area contributed by atoms with Crippen molar-refractivity contribution in [2.45, 2.75) is 50.1 Å². The van der Waals surface area contributed by atoms with Crippen LogP contribution < -0.4 is 4.74 Å². The number of halogens is 1. The van der Waals surface area contributed by atoms with Gasteiger partial charge in [-0.2, -0.15) is 0 Å². The van der Waals surface area contributed by atoms with Crippen LogP contribution in [0.1, 0.15) is 49.4 Å². The number of hydrogen-bond acceptors (Lipinski definition) is 5. The topological polar surface area (TPSA) is 62.7 Å². The van der Waals surface area contributed by atoms with E-state index >= 15 is 4.39 Å². The van der Waals surface area contributed by atoms with E-state index in [4.69, 9.17) is 4.74 Å². The van der Waals surface area contributed by atoms with Crippen LogP contribution in [-0.2, 0) is 4.79 Å². The lowest BCUT2D eigenvalue weighted by molar-refractivity contribution is -0.137. The number of rotatable bonds is 12. The molecule has 0 amide bonds. The normalized spacial score (nSPS) is 19.1. The number of ether oxygens (including phenoxy) is 1. The standard InChI is InChI=1S/C30H37FN2O3S/c1-21-5-3-4-6-29(21)37-18-17-33-16-14-22(23(20-33)8-12-30(34)35)7-10-27(31)25-13-15-32-28-11-9-24(36-2)19-26(25)28/h3-6,9,11,13,15,19,22-23,27H,7-8,10,12,14,16-18,20H2,1-2H3,(H,34,35)/t22-,23-,27-/m1/s1. The summed E-state index contributed by atoms with van der Waals surface area (Å²) in [5, 5.41) is 10.1. The number of hydrogen-bond donors (Lipinski definition) is 1. The van der Waals surface area contributed by atoms with Crippen LogP contribution in [0.3, 0.4) is 0 Å². The van der Waals surface area contributed by atoms with Crippen LogP contribution in [-0.4, -0.2) is 53.5 Å². The highest BCUT2D eigenvalue weighted by molar-refractivity contribution is 7.99. The molecule has 5 nitrogen and oxygen atoms in total. The van der Waals surface area contributed by atoms with Gasteiger partial charge in [0.15, 0.2) is 0 Å². The molecule has 0 radical (unpaired) electrons. The SMILES string of the molecule is COc1ccc2nccc([C@H](F)CC[C@@H]3CCN(CCSc4ccccc4C)C[C@H]3CCC(=O)O)c2c1. The van der Waals surface area contributed by atoms with E-state index in [0.717, 1.165) is 49.1 Å². The summed E-state index contributed by atoms with van der Waals surface area (Å²) in [6.07, 6.45) is 3.55. The number of alkyl halides is 1. The molecule has 1 fully saturated rings. The maximum atomic E-state index is 15.6. The average Bonchev–Trinajstić information content (AvgIpc) is 2.91. The van der Waals surface area contributed by atoms with Crippen LogP contribution in [0.4, 0.5) is 4.39 Å². The molecule has 3 atom stereocenters. The number of likely N-dealkylation sites (tertiary alicyclic amines) is 1. The van der Waals surface area contributed by atoms with Crippen molar-refractivity contribution in [3.8, 4) is 5.75 Å². The predicted octanol–water partition coefficient (Wildman–Crippen LogP) is 6.94. The van der Waals surface area contributed by atoms with Gasteiger partial charge in [-0.3, -0.25) is 9.78 Å². The van der Waals surface area contributed by atoms with Gasteiger partial charge in [-0.15, -0.1) is 11.8 Å². The van der Waals surface area contributed by atoms with Gasteiger partial charge in [-0.1, -0.05) is 18.2 Å². The number of piperidine rings is 1. The Morgan fingerprint density at radius 1 is 1.22 bits per heavy atom. The van der Waals surface area contributed by atoms with Crippen LogP contribution >= 0.6 is 11.8 Å². The lowest BCUT2D eigenvalue weighted by Crippen LogP contribution is -2.41. The molecule has 0 saturated carbocycles. The summed E-state index contributed by atoms with van der Waals surface area (Å²) >= 11 is 1.88. The van der Waals surface area contributed by atoms with Crippen LogP contribution in [0.2, 0.25) is 0 Å². The first-order chi connectivity index (χ1) is 17.9. The number of methoxy groups -OCH3 is 1. The molecule has 2 heterocycles. The van der Waals surface area contributed by atoms with E-state index in [1.165, 1.54) is 10.5 Å². The third-order valence-corrected chi connectivity index (χ3v) is 8.73. The zero-order valence-corrected chi connectivity index (χ0v) is 22.6. The van der Waals surface area contributed by atoms with Crippen LogP contribution in [0.25, 0.3) is 10.9 Å². The van der Waals surface area contributed by atoms with Crippen molar-refractivity contribution in [3.05, 3.63) is 65.9 Å². The van der Waals surface area contributed by atoms with Crippen molar-refractivity contribution in [2.75, 3.05) is 32.5 Å². The summed E-state index contributed by atoms with van der Waals surface area (Å²) in [4.78, 5) is 19.5. The van der Waals surface area contributed by atoms with Gasteiger partial charge in [0, 0.05) is 41.7 Å². The molecule has 0 spiro atoms. The molecule has 1 aliphatic rings. The molecule has 1 saturated heterocycles. The fourth-order valence-electron chi connectivity index (χ4n) is 5.44. The van der Waals surface area contributed by atoms with E-state index in [0.29, 0.717) is 30.1 Å². The summed E-state index contributed by atoms with van der Waals surface area (Å²) in [5.41, 5.74) is 2.71. The minimum atomic E-state index is -1.10. The number of carbonyl (C=O) groups is 1. The Balaban J connectivity index is 1.35. The van der Waals surface area contributed by atoms with Crippen molar-refractivity contribution >= 4 is 28.6 Å². The van der Waals surface area contributed by atoms with Crippen molar-refractivity contribution in [1.29, 1.82) is 0 Å². The maximum absolute atomic E-state index is 15.6. The lowest BCUT2D eigenvalue weighted by Gasteiger charge is -2.39. The lowest BCUT2D eigenvalue weighted by atomic mass is 9.79. The molecular formula is C30H37FN2O3S. The molecule has 0 bridgehead atoms. The molecule has 0 aliphatic carbocycles. The van der Waals surface area contributed by atoms with Crippen LogP contribution in [0.5, 0.6) is 5.75 Å². The first-order valence-corrected chi connectivity index (χ1v) is 14.1. The van der Waals surface area contributed by atoms with Crippen LogP contribution in [0.15, 0.2) is 59.6 Å². The fourth-order valence-corrected chi connectivity index (χ4v) is 6.48. The van der Waals surface area contributed by atoms with Crippen LogP contribution in [0, 0.1) is 18.8 Å². The van der Waals surface area contributed by atoms with Crippen molar-refractivity contribution in [1.82, 2.24) is 9.88 Å². The van der Waals surface area contributed by atoms with Gasteiger partial charge >= 0.3 is 5.97 Å². The molecule has 2 aromatic carbocycles. The number of fused-ring (bicyclic) bond motifs is 1. The van der Waals surface area contributed by atoms with Gasteiger partial charge in [0.25, 0.3) is 0 Å². The van der Waals surface area contributed by atoms with Crippen molar-refractivity contribution in [2.24, 2.45) is 11.8 Å².